The van der Waals surface area contributed by atoms with Crippen LogP contribution in [0.3, 0.4) is 0 Å². The van der Waals surface area contributed by atoms with Crippen LogP contribution in [0.2, 0.25) is 0 Å². The molecule has 2 rings (SSSR count). The fraction of sp³-hybridized carbons (Fsp3) is 0.278. The molecule has 2 aromatic rings. The van der Waals surface area contributed by atoms with Gasteiger partial charge in [-0.15, -0.1) is 0 Å². The van der Waals surface area contributed by atoms with Crippen molar-refractivity contribution in [1.82, 2.24) is 4.83 Å². The number of rotatable bonds is 6. The molecule has 0 spiro atoms. The van der Waals surface area contributed by atoms with Crippen LogP contribution in [-0.2, 0) is 10.0 Å². The Morgan fingerprint density at radius 1 is 1.16 bits per heavy atom. The SMILES string of the molecule is CCC(C)c1ccc(S(=O)(=O)N/N=C(\C)c2cc(O)ccc2O)cc1. The first kappa shape index (κ1) is 18.8. The third kappa shape index (κ3) is 4.51. The van der Waals surface area contributed by atoms with E-state index in [0.717, 1.165) is 12.0 Å². The van der Waals surface area contributed by atoms with Gasteiger partial charge in [-0.25, -0.2) is 0 Å². The number of benzene rings is 2. The van der Waals surface area contributed by atoms with Gasteiger partial charge in [-0.05, 0) is 55.2 Å². The van der Waals surface area contributed by atoms with Gasteiger partial charge >= 0.3 is 0 Å². The molecule has 25 heavy (non-hydrogen) atoms. The second kappa shape index (κ2) is 7.57. The van der Waals surface area contributed by atoms with Crippen molar-refractivity contribution in [1.29, 1.82) is 0 Å². The van der Waals surface area contributed by atoms with Crippen molar-refractivity contribution in [2.24, 2.45) is 5.10 Å². The summed E-state index contributed by atoms with van der Waals surface area (Å²) < 4.78 is 24.7. The van der Waals surface area contributed by atoms with Crippen LogP contribution in [0, 0.1) is 0 Å². The minimum Gasteiger partial charge on any atom is -0.508 e. The molecule has 0 aliphatic rings. The van der Waals surface area contributed by atoms with Crippen LogP contribution >= 0.6 is 0 Å². The zero-order chi connectivity index (χ0) is 18.6. The molecular formula is C18H22N2O4S. The number of nitrogens with one attached hydrogen (secondary N) is 1. The van der Waals surface area contributed by atoms with E-state index in [9.17, 15) is 18.6 Å². The van der Waals surface area contributed by atoms with Gasteiger partial charge in [0.1, 0.15) is 11.5 Å². The topological polar surface area (TPSA) is 99.0 Å². The van der Waals surface area contributed by atoms with E-state index >= 15 is 0 Å². The van der Waals surface area contributed by atoms with Crippen LogP contribution in [-0.4, -0.2) is 24.3 Å². The van der Waals surface area contributed by atoms with Crippen molar-refractivity contribution in [3.63, 3.8) is 0 Å². The number of nitrogens with zero attached hydrogens (tertiary/aromatic N) is 1. The van der Waals surface area contributed by atoms with Gasteiger partial charge in [-0.1, -0.05) is 26.0 Å². The van der Waals surface area contributed by atoms with E-state index in [4.69, 9.17) is 0 Å². The van der Waals surface area contributed by atoms with Gasteiger partial charge in [-0.3, -0.25) is 0 Å². The molecule has 3 N–H and O–H groups in total. The molecule has 1 unspecified atom stereocenters. The van der Waals surface area contributed by atoms with Gasteiger partial charge in [0.05, 0.1) is 10.6 Å². The van der Waals surface area contributed by atoms with Crippen molar-refractivity contribution in [2.75, 3.05) is 0 Å². The molecule has 0 aliphatic carbocycles. The molecule has 0 bridgehead atoms. The van der Waals surface area contributed by atoms with Gasteiger partial charge in [0.2, 0.25) is 0 Å². The fourth-order valence-corrected chi connectivity index (χ4v) is 3.12. The van der Waals surface area contributed by atoms with Gasteiger partial charge in [0, 0.05) is 5.56 Å². The highest BCUT2D eigenvalue weighted by Gasteiger charge is 2.14. The molecule has 1 atom stereocenters. The lowest BCUT2D eigenvalue weighted by atomic mass is 9.99. The Labute approximate surface area is 147 Å². The summed E-state index contributed by atoms with van der Waals surface area (Å²) in [5, 5.41) is 23.1. The molecule has 0 radical (unpaired) electrons. The molecule has 0 aliphatic heterocycles. The zero-order valence-electron chi connectivity index (χ0n) is 14.4. The predicted octanol–water partition coefficient (Wildman–Crippen LogP) is 3.31. The molecule has 0 aromatic heterocycles. The highest BCUT2D eigenvalue weighted by atomic mass is 32.2. The van der Waals surface area contributed by atoms with E-state index < -0.39 is 10.0 Å². The second-order valence-electron chi connectivity index (χ2n) is 5.87. The van der Waals surface area contributed by atoms with E-state index in [0.29, 0.717) is 5.92 Å². The number of sulfonamides is 1. The summed E-state index contributed by atoms with van der Waals surface area (Å²) in [5.41, 5.74) is 1.55. The molecule has 2 aromatic carbocycles. The van der Waals surface area contributed by atoms with Gasteiger partial charge in [0.25, 0.3) is 10.0 Å². The highest BCUT2D eigenvalue weighted by molar-refractivity contribution is 7.89. The molecule has 0 amide bonds. The monoisotopic (exact) mass is 362 g/mol. The molecule has 0 saturated carbocycles. The lowest BCUT2D eigenvalue weighted by Crippen LogP contribution is -2.20. The van der Waals surface area contributed by atoms with Crippen LogP contribution in [0.1, 0.15) is 44.2 Å². The van der Waals surface area contributed by atoms with E-state index in [1.165, 1.54) is 25.1 Å². The summed E-state index contributed by atoms with van der Waals surface area (Å²) in [4.78, 5) is 2.26. The summed E-state index contributed by atoms with van der Waals surface area (Å²) in [6.07, 6.45) is 0.973. The van der Waals surface area contributed by atoms with E-state index in [1.807, 2.05) is 0 Å². The highest BCUT2D eigenvalue weighted by Crippen LogP contribution is 2.23. The van der Waals surface area contributed by atoms with Gasteiger partial charge in [0.15, 0.2) is 0 Å². The number of phenolic OH excluding ortho intramolecular Hbond substituents is 2. The smallest absolute Gasteiger partial charge is 0.276 e. The first-order valence-corrected chi connectivity index (χ1v) is 9.41. The molecule has 6 nitrogen and oxygen atoms in total. The Balaban J connectivity index is 2.22. The molecular weight excluding hydrogens is 340 g/mol. The van der Waals surface area contributed by atoms with Crippen LogP contribution < -0.4 is 4.83 Å². The standard InChI is InChI=1S/C18H22N2O4S/c1-4-12(2)14-5-8-16(9-6-14)25(23,24)20-19-13(3)17-11-15(21)7-10-18(17)22/h5-12,20-22H,4H2,1-3H3/b19-13+. The predicted molar refractivity (Wildman–Crippen MR) is 97.5 cm³/mol. The molecule has 0 fully saturated rings. The summed E-state index contributed by atoms with van der Waals surface area (Å²) in [5.74, 6) is 0.209. The summed E-state index contributed by atoms with van der Waals surface area (Å²) in [6.45, 7) is 5.69. The average Bonchev–Trinajstić information content (AvgIpc) is 2.61. The Morgan fingerprint density at radius 2 is 1.80 bits per heavy atom. The van der Waals surface area contributed by atoms with Crippen molar-refractivity contribution >= 4 is 15.7 Å². The Hall–Kier alpha value is -2.54. The van der Waals surface area contributed by atoms with Crippen LogP contribution in [0.15, 0.2) is 52.5 Å². The van der Waals surface area contributed by atoms with Crippen molar-refractivity contribution in [3.05, 3.63) is 53.6 Å². The average molecular weight is 362 g/mol. The van der Waals surface area contributed by atoms with E-state index in [2.05, 4.69) is 23.8 Å². The van der Waals surface area contributed by atoms with Crippen LogP contribution in [0.25, 0.3) is 0 Å². The first-order chi connectivity index (χ1) is 11.7. The fourth-order valence-electron chi connectivity index (χ4n) is 2.27. The quantitative estimate of drug-likeness (QED) is 0.417. The summed E-state index contributed by atoms with van der Waals surface area (Å²) in [6, 6.07) is 10.6. The summed E-state index contributed by atoms with van der Waals surface area (Å²) in [7, 11) is -3.82. The Bertz CT molecular complexity index is 874. The number of hydrogen-bond donors (Lipinski definition) is 3. The van der Waals surface area contributed by atoms with Crippen molar-refractivity contribution in [2.45, 2.75) is 38.0 Å². The summed E-state index contributed by atoms with van der Waals surface area (Å²) >= 11 is 0. The third-order valence-electron chi connectivity index (χ3n) is 4.08. The van der Waals surface area contributed by atoms with Gasteiger partial charge < -0.3 is 10.2 Å². The maximum absolute atomic E-state index is 12.3. The second-order valence-corrected chi connectivity index (χ2v) is 7.53. The largest absolute Gasteiger partial charge is 0.508 e. The number of hydrogen-bond acceptors (Lipinski definition) is 5. The maximum Gasteiger partial charge on any atom is 0.276 e. The van der Waals surface area contributed by atoms with Crippen molar-refractivity contribution in [3.8, 4) is 11.5 Å². The number of aromatic hydroxyl groups is 2. The zero-order valence-corrected chi connectivity index (χ0v) is 15.2. The minimum absolute atomic E-state index is 0.0501. The van der Waals surface area contributed by atoms with Gasteiger partial charge in [-0.2, -0.15) is 18.4 Å². The molecule has 0 saturated heterocycles. The number of hydrazone groups is 1. The third-order valence-corrected chi connectivity index (χ3v) is 5.30. The Morgan fingerprint density at radius 3 is 2.40 bits per heavy atom. The normalized spacial score (nSPS) is 13.5. The Kier molecular flexibility index (Phi) is 5.69. The maximum atomic E-state index is 12.3. The number of phenols is 2. The van der Waals surface area contributed by atoms with Crippen LogP contribution in [0.4, 0.5) is 0 Å². The minimum atomic E-state index is -3.82. The molecule has 0 heterocycles. The lowest BCUT2D eigenvalue weighted by molar-refractivity contribution is 0.459. The molecule has 134 valence electrons. The van der Waals surface area contributed by atoms with Crippen LogP contribution in [0.5, 0.6) is 11.5 Å². The van der Waals surface area contributed by atoms with E-state index in [1.54, 1.807) is 24.3 Å². The van der Waals surface area contributed by atoms with E-state index in [-0.39, 0.29) is 27.7 Å². The molecule has 7 heteroatoms. The first-order valence-electron chi connectivity index (χ1n) is 7.93. The van der Waals surface area contributed by atoms with Crippen molar-refractivity contribution < 1.29 is 18.6 Å². The lowest BCUT2D eigenvalue weighted by Gasteiger charge is -2.10.